The Labute approximate surface area is 181 Å². The van der Waals surface area contributed by atoms with Crippen molar-refractivity contribution in [1.82, 2.24) is 14.2 Å². The Morgan fingerprint density at radius 2 is 1.74 bits per heavy atom. The van der Waals surface area contributed by atoms with E-state index >= 15 is 0 Å². The summed E-state index contributed by atoms with van der Waals surface area (Å²) in [6, 6.07) is 7.71. The monoisotopic (exact) mass is 444 g/mol. The predicted octanol–water partition coefficient (Wildman–Crippen LogP) is 1.83. The van der Waals surface area contributed by atoms with Crippen LogP contribution in [0, 0.1) is 25.2 Å². The zero-order valence-corrected chi connectivity index (χ0v) is 18.5. The van der Waals surface area contributed by atoms with Crippen molar-refractivity contribution in [2.45, 2.75) is 25.7 Å². The number of benzene rings is 1. The van der Waals surface area contributed by atoms with Gasteiger partial charge in [0.05, 0.1) is 28.7 Å². The van der Waals surface area contributed by atoms with E-state index in [1.807, 2.05) is 6.07 Å². The zero-order valence-electron chi connectivity index (χ0n) is 17.6. The first-order valence-electron chi connectivity index (χ1n) is 9.86. The standard InChI is InChI=1S/C21H24N4O5S/c1-4-30-21(27)19-14(2)18(15(3)23-19)20(26)24-9-11-25(12-10-24)31(28,29)17-7-5-16(13-22)6-8-17/h5-8,23H,4,9-12H2,1-3H3. The van der Waals surface area contributed by atoms with Gasteiger partial charge in [-0.1, -0.05) is 0 Å². The van der Waals surface area contributed by atoms with Crippen LogP contribution in [0.2, 0.25) is 0 Å². The van der Waals surface area contributed by atoms with Crippen molar-refractivity contribution in [3.05, 3.63) is 52.3 Å². The molecule has 9 nitrogen and oxygen atoms in total. The fourth-order valence-corrected chi connectivity index (χ4v) is 5.04. The number of nitriles is 1. The van der Waals surface area contributed by atoms with E-state index in [-0.39, 0.29) is 49.3 Å². The fourth-order valence-electron chi connectivity index (χ4n) is 3.62. The number of H-pyrrole nitrogens is 1. The van der Waals surface area contributed by atoms with Gasteiger partial charge in [0.25, 0.3) is 5.91 Å². The van der Waals surface area contributed by atoms with Crippen molar-refractivity contribution in [2.75, 3.05) is 32.8 Å². The lowest BCUT2D eigenvalue weighted by atomic mass is 10.1. The van der Waals surface area contributed by atoms with Crippen molar-refractivity contribution in [2.24, 2.45) is 0 Å². The molecule has 1 aromatic heterocycles. The van der Waals surface area contributed by atoms with E-state index in [2.05, 4.69) is 4.98 Å². The topological polar surface area (TPSA) is 124 Å². The summed E-state index contributed by atoms with van der Waals surface area (Å²) in [7, 11) is -3.71. The van der Waals surface area contributed by atoms with Gasteiger partial charge in [0.2, 0.25) is 10.0 Å². The molecule has 2 aromatic rings. The molecule has 0 spiro atoms. The molecule has 0 radical (unpaired) electrons. The van der Waals surface area contributed by atoms with E-state index < -0.39 is 16.0 Å². The first kappa shape index (κ1) is 22.5. The molecular weight excluding hydrogens is 420 g/mol. The molecule has 164 valence electrons. The third kappa shape index (κ3) is 4.33. The number of aromatic nitrogens is 1. The van der Waals surface area contributed by atoms with Crippen LogP contribution < -0.4 is 0 Å². The summed E-state index contributed by atoms with van der Waals surface area (Å²) in [6.45, 7) is 6.11. The summed E-state index contributed by atoms with van der Waals surface area (Å²) in [5.41, 5.74) is 2.14. The van der Waals surface area contributed by atoms with Gasteiger partial charge in [0, 0.05) is 31.9 Å². The van der Waals surface area contributed by atoms with Crippen LogP contribution in [-0.4, -0.2) is 67.3 Å². The SMILES string of the molecule is CCOC(=O)c1[nH]c(C)c(C(=O)N2CCN(S(=O)(=O)c3ccc(C#N)cc3)CC2)c1C. The highest BCUT2D eigenvalue weighted by Crippen LogP contribution is 2.23. The maximum absolute atomic E-state index is 13.1. The Balaban J connectivity index is 1.73. The van der Waals surface area contributed by atoms with Gasteiger partial charge in [0.1, 0.15) is 5.69 Å². The number of aromatic amines is 1. The number of nitrogens with one attached hydrogen (secondary N) is 1. The Bertz CT molecular complexity index is 1140. The second-order valence-electron chi connectivity index (χ2n) is 7.18. The van der Waals surface area contributed by atoms with Gasteiger partial charge in [-0.15, -0.1) is 0 Å². The van der Waals surface area contributed by atoms with E-state index in [1.54, 1.807) is 25.7 Å². The molecular formula is C21H24N4O5S. The van der Waals surface area contributed by atoms with Crippen LogP contribution in [0.5, 0.6) is 0 Å². The van der Waals surface area contributed by atoms with E-state index in [4.69, 9.17) is 10.00 Å². The summed E-state index contributed by atoms with van der Waals surface area (Å²) in [5.74, 6) is -0.766. The minimum Gasteiger partial charge on any atom is -0.461 e. The number of sulfonamides is 1. The maximum Gasteiger partial charge on any atom is 0.355 e. The molecule has 0 atom stereocenters. The molecule has 1 aliphatic rings. The van der Waals surface area contributed by atoms with Gasteiger partial charge in [-0.2, -0.15) is 9.57 Å². The molecule has 1 aliphatic heterocycles. The lowest BCUT2D eigenvalue weighted by molar-refractivity contribution is 0.0519. The van der Waals surface area contributed by atoms with Crippen molar-refractivity contribution < 1.29 is 22.7 Å². The quantitative estimate of drug-likeness (QED) is 0.702. The number of piperazine rings is 1. The molecule has 10 heteroatoms. The number of nitrogens with zero attached hydrogens (tertiary/aromatic N) is 3. The summed E-state index contributed by atoms with van der Waals surface area (Å²) in [4.78, 5) is 29.8. The summed E-state index contributed by atoms with van der Waals surface area (Å²) in [5, 5.41) is 8.88. The zero-order chi connectivity index (χ0) is 22.8. The highest BCUT2D eigenvalue weighted by Gasteiger charge is 2.32. The Morgan fingerprint density at radius 3 is 2.29 bits per heavy atom. The molecule has 3 rings (SSSR count). The number of amides is 1. The van der Waals surface area contributed by atoms with Crippen LogP contribution in [0.15, 0.2) is 29.2 Å². The number of hydrogen-bond donors (Lipinski definition) is 1. The number of hydrogen-bond acceptors (Lipinski definition) is 6. The van der Waals surface area contributed by atoms with Crippen LogP contribution in [-0.2, 0) is 14.8 Å². The number of esters is 1. The number of aryl methyl sites for hydroxylation is 1. The molecule has 0 saturated carbocycles. The van der Waals surface area contributed by atoms with Gasteiger partial charge in [-0.3, -0.25) is 4.79 Å². The van der Waals surface area contributed by atoms with Crippen molar-refractivity contribution in [3.63, 3.8) is 0 Å². The molecule has 0 bridgehead atoms. The summed E-state index contributed by atoms with van der Waals surface area (Å²) in [6.07, 6.45) is 0. The Hall–Kier alpha value is -3.16. The molecule has 0 unspecified atom stereocenters. The van der Waals surface area contributed by atoms with Crippen LogP contribution in [0.1, 0.15) is 44.6 Å². The number of ether oxygens (including phenoxy) is 1. The minimum absolute atomic E-state index is 0.114. The van der Waals surface area contributed by atoms with E-state index in [0.29, 0.717) is 22.4 Å². The van der Waals surface area contributed by atoms with Gasteiger partial charge in [-0.25, -0.2) is 13.2 Å². The first-order valence-corrected chi connectivity index (χ1v) is 11.3. The van der Waals surface area contributed by atoms with Crippen molar-refractivity contribution in [3.8, 4) is 6.07 Å². The van der Waals surface area contributed by atoms with Crippen molar-refractivity contribution in [1.29, 1.82) is 5.26 Å². The van der Waals surface area contributed by atoms with E-state index in [1.165, 1.54) is 28.6 Å². The predicted molar refractivity (Wildman–Crippen MR) is 112 cm³/mol. The van der Waals surface area contributed by atoms with Crippen molar-refractivity contribution >= 4 is 21.9 Å². The Kier molecular flexibility index (Phi) is 6.48. The van der Waals surface area contributed by atoms with Gasteiger partial charge >= 0.3 is 5.97 Å². The lowest BCUT2D eigenvalue weighted by Gasteiger charge is -2.34. The second kappa shape index (κ2) is 8.91. The van der Waals surface area contributed by atoms with Crippen LogP contribution >= 0.6 is 0 Å². The molecule has 1 aromatic carbocycles. The third-order valence-corrected chi connectivity index (χ3v) is 7.19. The van der Waals surface area contributed by atoms with Gasteiger partial charge in [-0.05, 0) is 50.6 Å². The smallest absolute Gasteiger partial charge is 0.355 e. The molecule has 1 amide bonds. The van der Waals surface area contributed by atoms with E-state index in [9.17, 15) is 18.0 Å². The highest BCUT2D eigenvalue weighted by molar-refractivity contribution is 7.89. The largest absolute Gasteiger partial charge is 0.461 e. The Morgan fingerprint density at radius 1 is 1.13 bits per heavy atom. The van der Waals surface area contributed by atoms with E-state index in [0.717, 1.165) is 0 Å². The highest BCUT2D eigenvalue weighted by atomic mass is 32.2. The maximum atomic E-state index is 13.1. The number of rotatable bonds is 5. The average Bonchev–Trinajstić information content (AvgIpc) is 3.07. The molecule has 1 saturated heterocycles. The number of carbonyl (C=O) groups excluding carboxylic acids is 2. The molecule has 1 fully saturated rings. The normalized spacial score (nSPS) is 14.8. The molecule has 0 aliphatic carbocycles. The van der Waals surface area contributed by atoms with Crippen LogP contribution in [0.4, 0.5) is 0 Å². The average molecular weight is 445 g/mol. The molecule has 1 N–H and O–H groups in total. The summed E-state index contributed by atoms with van der Waals surface area (Å²) < 4.78 is 32.1. The molecule has 31 heavy (non-hydrogen) atoms. The third-order valence-electron chi connectivity index (χ3n) is 5.28. The van der Waals surface area contributed by atoms with Gasteiger partial charge in [0.15, 0.2) is 0 Å². The number of carbonyl (C=O) groups is 2. The fraction of sp³-hybridized carbons (Fsp3) is 0.381. The van der Waals surface area contributed by atoms with Gasteiger partial charge < -0.3 is 14.6 Å². The summed E-state index contributed by atoms with van der Waals surface area (Å²) >= 11 is 0. The second-order valence-corrected chi connectivity index (χ2v) is 9.12. The molecule has 2 heterocycles. The van der Waals surface area contributed by atoms with Crippen LogP contribution in [0.3, 0.4) is 0 Å². The minimum atomic E-state index is -3.71. The lowest BCUT2D eigenvalue weighted by Crippen LogP contribution is -2.50. The first-order chi connectivity index (χ1) is 14.7. The van der Waals surface area contributed by atoms with Crippen LogP contribution in [0.25, 0.3) is 0 Å².